The van der Waals surface area contributed by atoms with E-state index in [1.54, 1.807) is 29.2 Å². The number of hydrogen-bond donors (Lipinski definition) is 1. The average molecular weight is 380 g/mol. The van der Waals surface area contributed by atoms with Crippen molar-refractivity contribution in [1.29, 1.82) is 0 Å². The number of aliphatic hydroxyl groups is 1. The van der Waals surface area contributed by atoms with E-state index in [2.05, 4.69) is 6.58 Å². The number of hydrogen-bond acceptors (Lipinski definition) is 6. The Morgan fingerprint density at radius 1 is 1.23 bits per heavy atom. The SMILES string of the molecule is C=CCOc1ccccc1C(=O)N1CCN([C@@H]2CS(=O)(=O)C[C@@H]2O)CC1. The van der Waals surface area contributed by atoms with Gasteiger partial charge >= 0.3 is 0 Å². The molecule has 26 heavy (non-hydrogen) atoms. The number of aliphatic hydroxyl groups excluding tert-OH is 1. The monoisotopic (exact) mass is 380 g/mol. The highest BCUT2D eigenvalue weighted by Crippen LogP contribution is 2.23. The van der Waals surface area contributed by atoms with Crippen LogP contribution in [0.1, 0.15) is 10.4 Å². The van der Waals surface area contributed by atoms with Gasteiger partial charge in [0, 0.05) is 26.2 Å². The van der Waals surface area contributed by atoms with Crippen molar-refractivity contribution in [3.63, 3.8) is 0 Å². The quantitative estimate of drug-likeness (QED) is 0.733. The lowest BCUT2D eigenvalue weighted by molar-refractivity contribution is 0.0375. The van der Waals surface area contributed by atoms with Gasteiger partial charge < -0.3 is 14.7 Å². The maximum atomic E-state index is 12.8. The highest BCUT2D eigenvalue weighted by atomic mass is 32.2. The Hall–Kier alpha value is -1.90. The first-order valence-electron chi connectivity index (χ1n) is 8.66. The zero-order valence-electron chi connectivity index (χ0n) is 14.6. The molecule has 2 atom stereocenters. The van der Waals surface area contributed by atoms with Crippen molar-refractivity contribution in [2.24, 2.45) is 0 Å². The van der Waals surface area contributed by atoms with Crippen LogP contribution in [-0.2, 0) is 9.84 Å². The molecule has 0 radical (unpaired) electrons. The third-order valence-electron chi connectivity index (χ3n) is 4.84. The van der Waals surface area contributed by atoms with Gasteiger partial charge in [0.15, 0.2) is 9.84 Å². The van der Waals surface area contributed by atoms with Gasteiger partial charge in [0.05, 0.1) is 29.2 Å². The molecule has 0 saturated carbocycles. The number of para-hydroxylation sites is 1. The Balaban J connectivity index is 1.63. The van der Waals surface area contributed by atoms with Crippen LogP contribution >= 0.6 is 0 Å². The Labute approximate surface area is 153 Å². The minimum Gasteiger partial charge on any atom is -0.489 e. The lowest BCUT2D eigenvalue weighted by atomic mass is 10.1. The molecule has 8 heteroatoms. The molecule has 0 bridgehead atoms. The first kappa shape index (κ1) is 18.9. The molecular weight excluding hydrogens is 356 g/mol. The Bertz CT molecular complexity index is 772. The maximum Gasteiger partial charge on any atom is 0.257 e. The Morgan fingerprint density at radius 3 is 2.54 bits per heavy atom. The molecule has 3 rings (SSSR count). The fourth-order valence-electron chi connectivity index (χ4n) is 3.50. The first-order chi connectivity index (χ1) is 12.4. The van der Waals surface area contributed by atoms with Crippen molar-refractivity contribution in [2.45, 2.75) is 12.1 Å². The van der Waals surface area contributed by atoms with Crippen molar-refractivity contribution in [1.82, 2.24) is 9.80 Å². The molecule has 0 unspecified atom stereocenters. The topological polar surface area (TPSA) is 87.2 Å². The highest BCUT2D eigenvalue weighted by molar-refractivity contribution is 7.91. The van der Waals surface area contributed by atoms with Crippen molar-refractivity contribution < 1.29 is 23.1 Å². The van der Waals surface area contributed by atoms with E-state index in [1.807, 2.05) is 11.0 Å². The van der Waals surface area contributed by atoms with Gasteiger partial charge in [0.2, 0.25) is 0 Å². The van der Waals surface area contributed by atoms with E-state index in [4.69, 9.17) is 4.74 Å². The molecule has 142 valence electrons. The summed E-state index contributed by atoms with van der Waals surface area (Å²) in [6.07, 6.45) is 0.774. The summed E-state index contributed by atoms with van der Waals surface area (Å²) in [6, 6.07) is 6.73. The number of piperazine rings is 1. The number of benzene rings is 1. The minimum absolute atomic E-state index is 0.0136. The van der Waals surface area contributed by atoms with E-state index in [1.165, 1.54) is 0 Å². The molecule has 2 heterocycles. The fraction of sp³-hybridized carbons (Fsp3) is 0.500. The molecule has 2 aliphatic heterocycles. The van der Waals surface area contributed by atoms with Crippen molar-refractivity contribution in [3.05, 3.63) is 42.5 Å². The van der Waals surface area contributed by atoms with E-state index in [9.17, 15) is 18.3 Å². The number of carbonyl (C=O) groups is 1. The van der Waals surface area contributed by atoms with Gasteiger partial charge in [-0.2, -0.15) is 0 Å². The average Bonchev–Trinajstić information content (AvgIpc) is 2.92. The summed E-state index contributed by atoms with van der Waals surface area (Å²) >= 11 is 0. The molecule has 1 aromatic carbocycles. The van der Waals surface area contributed by atoms with Gasteiger partial charge in [0.25, 0.3) is 5.91 Å². The summed E-state index contributed by atoms with van der Waals surface area (Å²) in [6.45, 7) is 5.99. The van der Waals surface area contributed by atoms with Crippen LogP contribution in [0.25, 0.3) is 0 Å². The minimum atomic E-state index is -3.18. The zero-order chi connectivity index (χ0) is 18.7. The molecule has 1 amide bonds. The molecule has 0 aromatic heterocycles. The third kappa shape index (κ3) is 4.08. The van der Waals surface area contributed by atoms with E-state index >= 15 is 0 Å². The third-order valence-corrected chi connectivity index (χ3v) is 6.54. The molecular formula is C18H24N2O5S. The standard InChI is InChI=1S/C18H24N2O5S/c1-2-11-25-17-6-4-3-5-14(17)18(22)20-9-7-19(8-10-20)15-12-26(23,24)13-16(15)21/h2-6,15-16,21H,1,7-13H2/t15-,16+/m1/s1. The van der Waals surface area contributed by atoms with Crippen LogP contribution in [0.4, 0.5) is 0 Å². The van der Waals surface area contributed by atoms with E-state index < -0.39 is 15.9 Å². The molecule has 1 N–H and O–H groups in total. The Kier molecular flexibility index (Phi) is 5.64. The Morgan fingerprint density at radius 2 is 1.92 bits per heavy atom. The summed E-state index contributed by atoms with van der Waals surface area (Å²) in [5.74, 6) is 0.228. The van der Waals surface area contributed by atoms with E-state index in [0.717, 1.165) is 0 Å². The predicted octanol–water partition coefficient (Wildman–Crippen LogP) is 0.167. The highest BCUT2D eigenvalue weighted by Gasteiger charge is 2.41. The van der Waals surface area contributed by atoms with Crippen LogP contribution in [0.5, 0.6) is 5.75 Å². The van der Waals surface area contributed by atoms with Crippen LogP contribution < -0.4 is 4.74 Å². The van der Waals surface area contributed by atoms with E-state index in [0.29, 0.717) is 44.1 Å². The number of nitrogens with zero attached hydrogens (tertiary/aromatic N) is 2. The normalized spacial score (nSPS) is 25.8. The molecule has 0 spiro atoms. The largest absolute Gasteiger partial charge is 0.489 e. The summed E-state index contributed by atoms with van der Waals surface area (Å²) in [5.41, 5.74) is 0.506. The second-order valence-corrected chi connectivity index (χ2v) is 8.79. The van der Waals surface area contributed by atoms with Crippen LogP contribution in [0.2, 0.25) is 0 Å². The lowest BCUT2D eigenvalue weighted by Gasteiger charge is -2.38. The second-order valence-electron chi connectivity index (χ2n) is 6.64. The summed E-state index contributed by atoms with van der Waals surface area (Å²) < 4.78 is 29.0. The summed E-state index contributed by atoms with van der Waals surface area (Å²) in [4.78, 5) is 16.5. The number of sulfone groups is 1. The predicted molar refractivity (Wildman–Crippen MR) is 98.1 cm³/mol. The number of amides is 1. The van der Waals surface area contributed by atoms with Gasteiger partial charge in [-0.3, -0.25) is 9.69 Å². The van der Waals surface area contributed by atoms with Gasteiger partial charge in [-0.25, -0.2) is 8.42 Å². The first-order valence-corrected chi connectivity index (χ1v) is 10.5. The summed E-state index contributed by atoms with van der Waals surface area (Å²) in [7, 11) is -3.18. The number of carbonyl (C=O) groups excluding carboxylic acids is 1. The molecule has 7 nitrogen and oxygen atoms in total. The second kappa shape index (κ2) is 7.77. The molecule has 2 fully saturated rings. The molecule has 0 aliphatic carbocycles. The maximum absolute atomic E-state index is 12.8. The fourth-order valence-corrected chi connectivity index (χ4v) is 5.34. The van der Waals surface area contributed by atoms with Gasteiger partial charge in [0.1, 0.15) is 12.4 Å². The van der Waals surface area contributed by atoms with Gasteiger partial charge in [-0.1, -0.05) is 24.8 Å². The van der Waals surface area contributed by atoms with Gasteiger partial charge in [-0.15, -0.1) is 0 Å². The van der Waals surface area contributed by atoms with Crippen LogP contribution in [0.15, 0.2) is 36.9 Å². The number of ether oxygens (including phenoxy) is 1. The van der Waals surface area contributed by atoms with Crippen LogP contribution in [0, 0.1) is 0 Å². The zero-order valence-corrected chi connectivity index (χ0v) is 15.4. The van der Waals surface area contributed by atoms with Crippen molar-refractivity contribution >= 4 is 15.7 Å². The molecule has 1 aromatic rings. The van der Waals surface area contributed by atoms with Crippen molar-refractivity contribution in [2.75, 3.05) is 44.3 Å². The van der Waals surface area contributed by atoms with Crippen LogP contribution in [0.3, 0.4) is 0 Å². The van der Waals surface area contributed by atoms with Gasteiger partial charge in [-0.05, 0) is 12.1 Å². The van der Waals surface area contributed by atoms with E-state index in [-0.39, 0.29) is 23.5 Å². The molecule has 2 saturated heterocycles. The summed E-state index contributed by atoms with van der Waals surface area (Å²) in [5, 5.41) is 10.0. The molecule has 2 aliphatic rings. The lowest BCUT2D eigenvalue weighted by Crippen LogP contribution is -2.54. The van der Waals surface area contributed by atoms with Crippen LogP contribution in [-0.4, -0.2) is 85.7 Å². The smallest absolute Gasteiger partial charge is 0.257 e. The number of rotatable bonds is 5. The van der Waals surface area contributed by atoms with Crippen molar-refractivity contribution in [3.8, 4) is 5.75 Å².